The van der Waals surface area contributed by atoms with E-state index in [1.54, 1.807) is 0 Å². The molecule has 0 aliphatic heterocycles. The van der Waals surface area contributed by atoms with Crippen LogP contribution in [-0.2, 0) is 10.1 Å². The van der Waals surface area contributed by atoms with Crippen molar-refractivity contribution in [2.45, 2.75) is 4.90 Å². The number of aromatic nitrogens is 2. The maximum atomic E-state index is 10.8. The third-order valence-corrected chi connectivity index (χ3v) is 2.80. The summed E-state index contributed by atoms with van der Waals surface area (Å²) in [6.45, 7) is 0. The van der Waals surface area contributed by atoms with Crippen LogP contribution in [0.1, 0.15) is 0 Å². The van der Waals surface area contributed by atoms with Crippen LogP contribution in [0.25, 0.3) is 5.32 Å². The van der Waals surface area contributed by atoms with E-state index >= 15 is 0 Å². The van der Waals surface area contributed by atoms with Crippen molar-refractivity contribution < 1.29 is 42.5 Å². The maximum Gasteiger partial charge on any atom is 1.00 e. The molecule has 0 spiro atoms. The average molecular weight is 273 g/mol. The average Bonchev–Trinajstić information content (AvgIpc) is 2.30. The third-order valence-electron chi connectivity index (χ3n) is 1.93. The molecule has 0 saturated carbocycles. The second kappa shape index (κ2) is 6.26. The van der Waals surface area contributed by atoms with Crippen molar-refractivity contribution >= 4 is 21.6 Å². The van der Waals surface area contributed by atoms with Crippen molar-refractivity contribution in [3.05, 3.63) is 48.2 Å². The van der Waals surface area contributed by atoms with Crippen LogP contribution in [0, 0.1) is 0 Å². The molecule has 0 bridgehead atoms. The molecule has 0 amide bonds. The van der Waals surface area contributed by atoms with Gasteiger partial charge in [0.25, 0.3) is 10.1 Å². The quantitative estimate of drug-likeness (QED) is 0.575. The van der Waals surface area contributed by atoms with Gasteiger partial charge in [0.2, 0.25) is 0 Å². The Kier molecular flexibility index (Phi) is 5.24. The van der Waals surface area contributed by atoms with Gasteiger partial charge in [-0.3, -0.25) is 9.54 Å². The van der Waals surface area contributed by atoms with Crippen LogP contribution in [0.5, 0.6) is 0 Å². The summed E-state index contributed by atoms with van der Waals surface area (Å²) < 4.78 is 30.4. The third kappa shape index (κ3) is 4.04. The molecule has 1 heterocycles. The largest absolute Gasteiger partial charge is 1.00 e. The van der Waals surface area contributed by atoms with E-state index in [1.165, 1.54) is 42.9 Å². The fourth-order valence-corrected chi connectivity index (χ4v) is 1.65. The van der Waals surface area contributed by atoms with Gasteiger partial charge in [0, 0.05) is 12.4 Å². The zero-order valence-corrected chi connectivity index (χ0v) is 12.4. The van der Waals surface area contributed by atoms with Gasteiger partial charge in [-0.15, -0.1) is 0 Å². The van der Waals surface area contributed by atoms with Gasteiger partial charge >= 0.3 is 29.6 Å². The number of hydrogen-bond donors (Lipinski definition) is 1. The van der Waals surface area contributed by atoms with Crippen molar-refractivity contribution in [2.24, 2.45) is 0 Å². The Morgan fingerprint density at radius 1 is 1.11 bits per heavy atom. The van der Waals surface area contributed by atoms with Gasteiger partial charge < -0.3 is 10.3 Å². The van der Waals surface area contributed by atoms with Crippen molar-refractivity contribution in [3.8, 4) is 0 Å². The molecule has 1 aromatic carbocycles. The zero-order chi connectivity index (χ0) is 12.3. The molecule has 0 radical (unpaired) electrons. The van der Waals surface area contributed by atoms with E-state index in [1.807, 2.05) is 0 Å². The number of benzene rings is 1. The van der Waals surface area contributed by atoms with E-state index in [0.717, 1.165) is 0 Å². The van der Waals surface area contributed by atoms with E-state index in [-0.39, 0.29) is 34.5 Å². The molecule has 0 unspecified atom stereocenters. The molecule has 18 heavy (non-hydrogen) atoms. The first-order valence-electron chi connectivity index (χ1n) is 4.61. The predicted molar refractivity (Wildman–Crippen MR) is 61.0 cm³/mol. The molecule has 0 fully saturated rings. The Bertz CT molecular complexity index is 602. The van der Waals surface area contributed by atoms with Crippen LogP contribution < -0.4 is 29.6 Å². The summed E-state index contributed by atoms with van der Waals surface area (Å²) in [5.74, 6) is 0.423. The molecule has 8 heteroatoms. The Hall–Kier alpha value is -0.990. The molecule has 6 nitrogen and oxygen atoms in total. The molecular weight excluding hydrogens is 265 g/mol. The first-order valence-corrected chi connectivity index (χ1v) is 6.05. The van der Waals surface area contributed by atoms with Gasteiger partial charge in [-0.1, -0.05) is 18.3 Å². The van der Waals surface area contributed by atoms with Gasteiger partial charge in [0.1, 0.15) is 0 Å². The summed E-state index contributed by atoms with van der Waals surface area (Å²) in [7, 11) is -4.16. The molecule has 2 aromatic rings. The predicted octanol–water partition coefficient (Wildman–Crippen LogP) is -0.936. The Labute approximate surface area is 127 Å². The van der Waals surface area contributed by atoms with Crippen LogP contribution in [0.2, 0.25) is 0 Å². The van der Waals surface area contributed by atoms with E-state index in [2.05, 4.69) is 15.3 Å². The normalized spacial score (nSPS) is 10.5. The van der Waals surface area contributed by atoms with Crippen LogP contribution >= 0.6 is 0 Å². The molecule has 0 aliphatic carbocycles. The maximum absolute atomic E-state index is 10.8. The number of rotatable bonds is 3. The minimum Gasteiger partial charge on any atom is -0.440 e. The van der Waals surface area contributed by atoms with Gasteiger partial charge in [-0.2, -0.15) is 8.42 Å². The zero-order valence-electron chi connectivity index (χ0n) is 9.56. The molecule has 0 saturated heterocycles. The molecule has 1 N–H and O–H groups in total. The minimum absolute atomic E-state index is 0. The van der Waals surface area contributed by atoms with Crippen LogP contribution in [0.3, 0.4) is 0 Å². The SMILES string of the molecule is O=S(=O)(O)c1ccc([N-]c2cnccn2)cc1.[Na+]. The molecule has 88 valence electrons. The van der Waals surface area contributed by atoms with E-state index in [4.69, 9.17) is 4.55 Å². The minimum atomic E-state index is -4.16. The van der Waals surface area contributed by atoms with Gasteiger partial charge in [-0.25, -0.2) is 0 Å². The van der Waals surface area contributed by atoms with E-state index in [9.17, 15) is 8.42 Å². The number of nitrogens with zero attached hydrogens (tertiary/aromatic N) is 3. The smallest absolute Gasteiger partial charge is 0.440 e. The first kappa shape index (κ1) is 15.1. The van der Waals surface area contributed by atoms with Crippen molar-refractivity contribution in [1.29, 1.82) is 0 Å². The second-order valence-electron chi connectivity index (χ2n) is 3.14. The Morgan fingerprint density at radius 3 is 2.28 bits per heavy atom. The fraction of sp³-hybridized carbons (Fsp3) is 0. The fourth-order valence-electron chi connectivity index (χ4n) is 1.17. The summed E-state index contributed by atoms with van der Waals surface area (Å²) >= 11 is 0. The molecule has 0 aliphatic rings. The summed E-state index contributed by atoms with van der Waals surface area (Å²) in [5.41, 5.74) is 0.526. The van der Waals surface area contributed by atoms with E-state index in [0.29, 0.717) is 11.5 Å². The summed E-state index contributed by atoms with van der Waals surface area (Å²) in [4.78, 5) is 7.62. The Morgan fingerprint density at radius 2 is 1.78 bits per heavy atom. The Balaban J connectivity index is 0.00000162. The van der Waals surface area contributed by atoms with Gasteiger partial charge in [0.15, 0.2) is 0 Å². The second-order valence-corrected chi connectivity index (χ2v) is 4.57. The van der Waals surface area contributed by atoms with Crippen molar-refractivity contribution in [3.63, 3.8) is 0 Å². The van der Waals surface area contributed by atoms with Crippen LogP contribution in [-0.4, -0.2) is 22.9 Å². The first-order chi connectivity index (χ1) is 8.05. The molecule has 1 aromatic heterocycles. The number of hydrogen-bond acceptors (Lipinski definition) is 4. The topological polar surface area (TPSA) is 94.2 Å². The summed E-state index contributed by atoms with van der Waals surface area (Å²) in [6, 6.07) is 5.48. The van der Waals surface area contributed by atoms with Gasteiger partial charge in [0.05, 0.1) is 4.90 Å². The monoisotopic (exact) mass is 273 g/mol. The molecular formula is C10H8N3NaO3S. The van der Waals surface area contributed by atoms with Crippen LogP contribution in [0.15, 0.2) is 47.8 Å². The molecule has 0 atom stereocenters. The van der Waals surface area contributed by atoms with E-state index < -0.39 is 10.1 Å². The standard InChI is InChI=1S/C10H8N3O3S.Na/c14-17(15,16)9-3-1-8(2-4-9)13-10-7-11-5-6-12-10;/h1-7H,(H-,12,13,14,15,16);/q-1;+1. The van der Waals surface area contributed by atoms with Crippen molar-refractivity contribution in [1.82, 2.24) is 9.97 Å². The molecule has 2 rings (SSSR count). The van der Waals surface area contributed by atoms with Crippen LogP contribution in [0.4, 0.5) is 11.5 Å². The summed E-state index contributed by atoms with van der Waals surface area (Å²) in [5, 5.41) is 4.11. The van der Waals surface area contributed by atoms with Gasteiger partial charge in [-0.05, 0) is 23.6 Å². The van der Waals surface area contributed by atoms with Crippen molar-refractivity contribution in [2.75, 3.05) is 0 Å². The summed E-state index contributed by atoms with van der Waals surface area (Å²) in [6.07, 6.45) is 4.52.